The van der Waals surface area contributed by atoms with Crippen LogP contribution in [0, 0.1) is 13.8 Å². The van der Waals surface area contributed by atoms with Crippen LogP contribution in [0.25, 0.3) is 27.3 Å². The summed E-state index contributed by atoms with van der Waals surface area (Å²) in [5.74, 6) is 0. The SMILES string of the molecule is Cc1sc2nc(-c3ccc(-c4ccccc4)cc3)c(CCN)n2c1C. The smallest absolute Gasteiger partial charge is 0.194 e. The van der Waals surface area contributed by atoms with Crippen LogP contribution >= 0.6 is 11.3 Å². The molecule has 4 aromatic rings. The molecule has 2 heterocycles. The second kappa shape index (κ2) is 6.47. The lowest BCUT2D eigenvalue weighted by Crippen LogP contribution is -2.06. The Morgan fingerprint density at radius 2 is 1.56 bits per heavy atom. The van der Waals surface area contributed by atoms with Crippen molar-refractivity contribution in [3.63, 3.8) is 0 Å². The third-order valence-electron chi connectivity index (χ3n) is 4.68. The highest BCUT2D eigenvalue weighted by atomic mass is 32.1. The normalized spacial score (nSPS) is 11.3. The fraction of sp³-hybridized carbons (Fsp3) is 0.190. The molecule has 0 unspecified atom stereocenters. The largest absolute Gasteiger partial charge is 0.330 e. The van der Waals surface area contributed by atoms with Crippen LogP contribution in [-0.2, 0) is 6.42 Å². The Balaban J connectivity index is 1.80. The Hall–Kier alpha value is -2.43. The summed E-state index contributed by atoms with van der Waals surface area (Å²) in [5.41, 5.74) is 13.0. The van der Waals surface area contributed by atoms with Gasteiger partial charge in [-0.15, -0.1) is 11.3 Å². The number of hydrogen-bond donors (Lipinski definition) is 1. The van der Waals surface area contributed by atoms with E-state index in [4.69, 9.17) is 10.7 Å². The monoisotopic (exact) mass is 347 g/mol. The van der Waals surface area contributed by atoms with Crippen LogP contribution in [0.1, 0.15) is 16.3 Å². The average molecular weight is 347 g/mol. The Bertz CT molecular complexity index is 1010. The van der Waals surface area contributed by atoms with E-state index in [9.17, 15) is 0 Å². The van der Waals surface area contributed by atoms with Gasteiger partial charge in [-0.25, -0.2) is 4.98 Å². The first-order valence-electron chi connectivity index (χ1n) is 8.52. The van der Waals surface area contributed by atoms with Crippen LogP contribution < -0.4 is 5.73 Å². The zero-order chi connectivity index (χ0) is 17.4. The van der Waals surface area contributed by atoms with Crippen LogP contribution in [-0.4, -0.2) is 15.9 Å². The van der Waals surface area contributed by atoms with Gasteiger partial charge in [0.2, 0.25) is 0 Å². The molecule has 0 aliphatic carbocycles. The van der Waals surface area contributed by atoms with Gasteiger partial charge in [-0.3, -0.25) is 4.40 Å². The van der Waals surface area contributed by atoms with Gasteiger partial charge in [-0.2, -0.15) is 0 Å². The second-order valence-corrected chi connectivity index (χ2v) is 7.43. The van der Waals surface area contributed by atoms with Crippen molar-refractivity contribution in [2.45, 2.75) is 20.3 Å². The molecule has 0 aliphatic heterocycles. The number of thiazole rings is 1. The summed E-state index contributed by atoms with van der Waals surface area (Å²) in [7, 11) is 0. The maximum atomic E-state index is 5.88. The molecule has 0 saturated heterocycles. The third kappa shape index (κ3) is 2.77. The Kier molecular flexibility index (Phi) is 4.15. The minimum absolute atomic E-state index is 0.622. The lowest BCUT2D eigenvalue weighted by atomic mass is 10.0. The van der Waals surface area contributed by atoms with E-state index < -0.39 is 0 Å². The highest BCUT2D eigenvalue weighted by molar-refractivity contribution is 7.17. The number of aryl methyl sites for hydroxylation is 2. The zero-order valence-corrected chi connectivity index (χ0v) is 15.3. The summed E-state index contributed by atoms with van der Waals surface area (Å²) < 4.78 is 2.27. The number of fused-ring (bicyclic) bond motifs is 1. The maximum Gasteiger partial charge on any atom is 0.194 e. The van der Waals surface area contributed by atoms with Crippen molar-refractivity contribution in [3.05, 3.63) is 70.9 Å². The summed E-state index contributed by atoms with van der Waals surface area (Å²) in [6, 6.07) is 19.1. The topological polar surface area (TPSA) is 43.3 Å². The number of hydrogen-bond acceptors (Lipinski definition) is 3. The van der Waals surface area contributed by atoms with Crippen molar-refractivity contribution >= 4 is 16.3 Å². The highest BCUT2D eigenvalue weighted by Crippen LogP contribution is 2.32. The molecule has 0 spiro atoms. The fourth-order valence-electron chi connectivity index (χ4n) is 3.26. The summed E-state index contributed by atoms with van der Waals surface area (Å²) in [4.78, 5) is 7.28. The molecule has 0 amide bonds. The van der Waals surface area contributed by atoms with Crippen LogP contribution in [0.4, 0.5) is 0 Å². The molecule has 25 heavy (non-hydrogen) atoms. The number of imidazole rings is 1. The van der Waals surface area contributed by atoms with E-state index in [1.807, 2.05) is 6.07 Å². The van der Waals surface area contributed by atoms with Gasteiger partial charge in [0.05, 0.1) is 11.4 Å². The lowest BCUT2D eigenvalue weighted by Gasteiger charge is -2.06. The fourth-order valence-corrected chi connectivity index (χ4v) is 4.25. The van der Waals surface area contributed by atoms with Gasteiger partial charge in [-0.05, 0) is 31.5 Å². The number of nitrogens with zero attached hydrogens (tertiary/aromatic N) is 2. The van der Waals surface area contributed by atoms with Gasteiger partial charge in [-0.1, -0.05) is 54.6 Å². The van der Waals surface area contributed by atoms with E-state index in [0.717, 1.165) is 22.6 Å². The first-order valence-corrected chi connectivity index (χ1v) is 9.34. The van der Waals surface area contributed by atoms with Crippen molar-refractivity contribution < 1.29 is 0 Å². The summed E-state index contributed by atoms with van der Waals surface area (Å²) in [5, 5.41) is 0. The Labute approximate surface area is 151 Å². The zero-order valence-electron chi connectivity index (χ0n) is 14.5. The Morgan fingerprint density at radius 1 is 0.920 bits per heavy atom. The standard InChI is InChI=1S/C21H21N3S/c1-14-15(2)25-21-23-20(19(12-13-22)24(14)21)18-10-8-17(9-11-18)16-6-4-3-5-7-16/h3-11H,12-13,22H2,1-2H3. The van der Waals surface area contributed by atoms with E-state index in [0.29, 0.717) is 6.54 Å². The highest BCUT2D eigenvalue weighted by Gasteiger charge is 2.17. The molecule has 4 heteroatoms. The van der Waals surface area contributed by atoms with Gasteiger partial charge in [0.25, 0.3) is 0 Å². The lowest BCUT2D eigenvalue weighted by molar-refractivity contribution is 0.895. The molecule has 0 bridgehead atoms. The van der Waals surface area contributed by atoms with Crippen molar-refractivity contribution in [3.8, 4) is 22.4 Å². The first kappa shape index (κ1) is 16.1. The van der Waals surface area contributed by atoms with E-state index >= 15 is 0 Å². The molecule has 3 nitrogen and oxygen atoms in total. The molecular formula is C21H21N3S. The van der Waals surface area contributed by atoms with Gasteiger partial charge in [0, 0.05) is 22.6 Å². The van der Waals surface area contributed by atoms with Crippen molar-refractivity contribution in [1.82, 2.24) is 9.38 Å². The number of aromatic nitrogens is 2. The van der Waals surface area contributed by atoms with E-state index in [1.54, 1.807) is 11.3 Å². The van der Waals surface area contributed by atoms with Crippen LogP contribution in [0.3, 0.4) is 0 Å². The van der Waals surface area contributed by atoms with Gasteiger partial charge in [0.1, 0.15) is 0 Å². The minimum Gasteiger partial charge on any atom is -0.330 e. The summed E-state index contributed by atoms with van der Waals surface area (Å²) in [6.07, 6.45) is 0.827. The van der Waals surface area contributed by atoms with Crippen LogP contribution in [0.5, 0.6) is 0 Å². The second-order valence-electron chi connectivity index (χ2n) is 6.25. The summed E-state index contributed by atoms with van der Waals surface area (Å²) >= 11 is 1.75. The molecule has 0 saturated carbocycles. The molecule has 2 N–H and O–H groups in total. The van der Waals surface area contributed by atoms with Gasteiger partial charge < -0.3 is 5.73 Å². The predicted molar refractivity (Wildman–Crippen MR) is 106 cm³/mol. The molecule has 0 aliphatic rings. The molecule has 0 atom stereocenters. The summed E-state index contributed by atoms with van der Waals surface area (Å²) in [6.45, 7) is 4.93. The van der Waals surface area contributed by atoms with Gasteiger partial charge >= 0.3 is 0 Å². The Morgan fingerprint density at radius 3 is 2.24 bits per heavy atom. The van der Waals surface area contributed by atoms with Crippen molar-refractivity contribution in [2.24, 2.45) is 5.73 Å². The minimum atomic E-state index is 0.622. The van der Waals surface area contributed by atoms with Crippen LogP contribution in [0.15, 0.2) is 54.6 Å². The molecule has 2 aromatic carbocycles. The first-order chi connectivity index (χ1) is 12.2. The van der Waals surface area contributed by atoms with E-state index in [2.05, 4.69) is 66.8 Å². The number of benzene rings is 2. The molecule has 0 radical (unpaired) electrons. The molecule has 0 fully saturated rings. The van der Waals surface area contributed by atoms with Crippen molar-refractivity contribution in [1.29, 1.82) is 0 Å². The van der Waals surface area contributed by atoms with E-state index in [1.165, 1.54) is 27.4 Å². The van der Waals surface area contributed by atoms with Crippen molar-refractivity contribution in [2.75, 3.05) is 6.54 Å². The van der Waals surface area contributed by atoms with Gasteiger partial charge in [0.15, 0.2) is 4.96 Å². The number of nitrogens with two attached hydrogens (primary N) is 1. The molecule has 4 rings (SSSR count). The van der Waals surface area contributed by atoms with Crippen LogP contribution in [0.2, 0.25) is 0 Å². The van der Waals surface area contributed by atoms with E-state index in [-0.39, 0.29) is 0 Å². The number of rotatable bonds is 4. The molecular weight excluding hydrogens is 326 g/mol. The predicted octanol–water partition coefficient (Wildman–Crippen LogP) is 4.85. The quantitative estimate of drug-likeness (QED) is 0.573. The average Bonchev–Trinajstić information content (AvgIpc) is 3.13. The molecule has 2 aromatic heterocycles. The third-order valence-corrected chi connectivity index (χ3v) is 5.74. The molecule has 126 valence electrons. The maximum absolute atomic E-state index is 5.88.